The van der Waals surface area contributed by atoms with E-state index in [1.54, 1.807) is 12.3 Å². The molecule has 3 heteroatoms. The molecule has 1 heterocycles. The molecule has 0 aliphatic carbocycles. The van der Waals surface area contributed by atoms with Crippen LogP contribution in [-0.2, 0) is 0 Å². The summed E-state index contributed by atoms with van der Waals surface area (Å²) in [5.74, 6) is -0.0608. The van der Waals surface area contributed by atoms with Gasteiger partial charge in [-0.3, -0.25) is 4.79 Å². The van der Waals surface area contributed by atoms with Crippen LogP contribution in [0.1, 0.15) is 31.1 Å². The first kappa shape index (κ1) is 11.3. The average Bonchev–Trinajstić information content (AvgIpc) is 2.42. The monoisotopic (exact) mass is 204 g/mol. The molecule has 2 rings (SSSR count). The third kappa shape index (κ3) is 2.59. The number of fused-ring (bicyclic) bond motifs is 1. The van der Waals surface area contributed by atoms with Crippen LogP contribution >= 0.6 is 0 Å². The van der Waals surface area contributed by atoms with Gasteiger partial charge in [0.05, 0.1) is 11.3 Å². The molecule has 0 aromatic heterocycles. The molecule has 3 nitrogen and oxygen atoms in total. The highest BCUT2D eigenvalue weighted by Gasteiger charge is 2.12. The van der Waals surface area contributed by atoms with Crippen molar-refractivity contribution in [2.75, 3.05) is 5.32 Å². The van der Waals surface area contributed by atoms with Crippen molar-refractivity contribution in [1.82, 2.24) is 5.32 Å². The Morgan fingerprint density at radius 2 is 1.80 bits per heavy atom. The second-order valence-electron chi connectivity index (χ2n) is 2.97. The van der Waals surface area contributed by atoms with Gasteiger partial charge in [0, 0.05) is 11.9 Å². The van der Waals surface area contributed by atoms with Crippen molar-refractivity contribution in [2.45, 2.75) is 20.8 Å². The number of hydrogen-bond acceptors (Lipinski definition) is 2. The molecule has 80 valence electrons. The topological polar surface area (TPSA) is 41.1 Å². The lowest BCUT2D eigenvalue weighted by Gasteiger charge is -2.03. The Balaban J connectivity index is 0.000000531. The van der Waals surface area contributed by atoms with Crippen LogP contribution in [0.4, 0.5) is 5.69 Å². The van der Waals surface area contributed by atoms with Gasteiger partial charge in [-0.2, -0.15) is 0 Å². The van der Waals surface area contributed by atoms with Crippen LogP contribution < -0.4 is 10.6 Å². The van der Waals surface area contributed by atoms with Crippen molar-refractivity contribution in [2.24, 2.45) is 0 Å². The molecule has 0 unspecified atom stereocenters. The summed E-state index contributed by atoms with van der Waals surface area (Å²) in [5, 5.41) is 5.82. The number of carbonyl (C=O) groups excluding carboxylic acids is 1. The van der Waals surface area contributed by atoms with Crippen LogP contribution in [0, 0.1) is 0 Å². The zero-order valence-corrected chi connectivity index (χ0v) is 9.29. The predicted molar refractivity (Wildman–Crippen MR) is 62.6 cm³/mol. The first-order chi connectivity index (χ1) is 7.27. The highest BCUT2D eigenvalue weighted by molar-refractivity contribution is 6.01. The summed E-state index contributed by atoms with van der Waals surface area (Å²) in [5.41, 5.74) is 2.34. The van der Waals surface area contributed by atoms with Crippen LogP contribution in [0.25, 0.3) is 0 Å². The maximum Gasteiger partial charge on any atom is 0.257 e. The molecule has 0 saturated heterocycles. The number of carbonyl (C=O) groups is 1. The highest BCUT2D eigenvalue weighted by Crippen LogP contribution is 2.17. The van der Waals surface area contributed by atoms with Crippen LogP contribution in [0.5, 0.6) is 0 Å². The van der Waals surface area contributed by atoms with Crippen LogP contribution in [0.2, 0.25) is 0 Å². The molecule has 15 heavy (non-hydrogen) atoms. The second kappa shape index (κ2) is 5.20. The third-order valence-corrected chi connectivity index (χ3v) is 1.93. The number of hydrogen-bond donors (Lipinski definition) is 2. The molecule has 0 fully saturated rings. The van der Waals surface area contributed by atoms with Gasteiger partial charge in [-0.05, 0) is 19.1 Å². The zero-order valence-electron chi connectivity index (χ0n) is 9.29. The van der Waals surface area contributed by atoms with E-state index in [1.807, 2.05) is 39.0 Å². The van der Waals surface area contributed by atoms with Gasteiger partial charge in [-0.25, -0.2) is 0 Å². The van der Waals surface area contributed by atoms with E-state index in [9.17, 15) is 4.79 Å². The Morgan fingerprint density at radius 1 is 1.13 bits per heavy atom. The van der Waals surface area contributed by atoms with Gasteiger partial charge >= 0.3 is 0 Å². The molecule has 1 aromatic rings. The SMILES string of the molecule is CC.CC1=CNc2ccccc2C(=O)N1. The molecule has 1 aliphatic rings. The second-order valence-corrected chi connectivity index (χ2v) is 2.97. The number of para-hydroxylation sites is 1. The fourth-order valence-corrected chi connectivity index (χ4v) is 1.28. The number of allylic oxidation sites excluding steroid dienone is 1. The first-order valence-corrected chi connectivity index (χ1v) is 5.11. The number of nitrogens with one attached hydrogen (secondary N) is 2. The molecular weight excluding hydrogens is 188 g/mol. The third-order valence-electron chi connectivity index (χ3n) is 1.93. The summed E-state index contributed by atoms with van der Waals surface area (Å²) in [6.07, 6.45) is 1.78. The Morgan fingerprint density at radius 3 is 2.53 bits per heavy atom. The quantitative estimate of drug-likeness (QED) is 0.682. The van der Waals surface area contributed by atoms with Crippen molar-refractivity contribution >= 4 is 11.6 Å². The standard InChI is InChI=1S/C10H10N2O.C2H6/c1-7-6-11-9-5-3-2-4-8(9)10(13)12-7;1-2/h2-6,11H,1H3,(H,12,13);1-2H3. The fourth-order valence-electron chi connectivity index (χ4n) is 1.28. The van der Waals surface area contributed by atoms with Gasteiger partial charge in [0.15, 0.2) is 0 Å². The molecule has 1 amide bonds. The summed E-state index contributed by atoms with van der Waals surface area (Å²) in [7, 11) is 0. The van der Waals surface area contributed by atoms with E-state index < -0.39 is 0 Å². The molecule has 0 saturated carbocycles. The average molecular weight is 204 g/mol. The molecule has 2 N–H and O–H groups in total. The van der Waals surface area contributed by atoms with Crippen molar-refractivity contribution in [3.8, 4) is 0 Å². The molecule has 0 bridgehead atoms. The molecule has 1 aromatic carbocycles. The Bertz CT molecular complexity index is 383. The molecule has 0 radical (unpaired) electrons. The molecule has 0 atom stereocenters. The van der Waals surface area contributed by atoms with E-state index in [4.69, 9.17) is 0 Å². The van der Waals surface area contributed by atoms with Gasteiger partial charge in [-0.15, -0.1) is 0 Å². The van der Waals surface area contributed by atoms with Gasteiger partial charge in [-0.1, -0.05) is 26.0 Å². The van der Waals surface area contributed by atoms with Gasteiger partial charge < -0.3 is 10.6 Å². The number of rotatable bonds is 0. The van der Waals surface area contributed by atoms with Crippen LogP contribution in [0.3, 0.4) is 0 Å². The lowest BCUT2D eigenvalue weighted by Crippen LogP contribution is -2.19. The Hall–Kier alpha value is -1.77. The minimum Gasteiger partial charge on any atom is -0.359 e. The Labute approximate surface area is 90.2 Å². The minimum absolute atomic E-state index is 0.0608. The van der Waals surface area contributed by atoms with Gasteiger partial charge in [0.2, 0.25) is 0 Å². The summed E-state index contributed by atoms with van der Waals surface area (Å²) >= 11 is 0. The first-order valence-electron chi connectivity index (χ1n) is 5.11. The van der Waals surface area contributed by atoms with Gasteiger partial charge in [0.25, 0.3) is 5.91 Å². The molecule has 1 aliphatic heterocycles. The minimum atomic E-state index is -0.0608. The largest absolute Gasteiger partial charge is 0.359 e. The summed E-state index contributed by atoms with van der Waals surface area (Å²) < 4.78 is 0. The summed E-state index contributed by atoms with van der Waals surface area (Å²) in [6, 6.07) is 7.42. The van der Waals surface area contributed by atoms with E-state index in [-0.39, 0.29) is 5.91 Å². The fraction of sp³-hybridized carbons (Fsp3) is 0.250. The highest BCUT2D eigenvalue weighted by atomic mass is 16.1. The number of amides is 1. The van der Waals surface area contributed by atoms with Crippen molar-refractivity contribution in [1.29, 1.82) is 0 Å². The van der Waals surface area contributed by atoms with E-state index >= 15 is 0 Å². The van der Waals surface area contributed by atoms with Gasteiger partial charge in [0.1, 0.15) is 0 Å². The predicted octanol–water partition coefficient (Wildman–Crippen LogP) is 2.73. The number of benzene rings is 1. The van der Waals surface area contributed by atoms with E-state index in [0.717, 1.165) is 11.4 Å². The van der Waals surface area contributed by atoms with Crippen LogP contribution in [0.15, 0.2) is 36.2 Å². The smallest absolute Gasteiger partial charge is 0.257 e. The summed E-state index contributed by atoms with van der Waals surface area (Å²) in [4.78, 5) is 11.5. The lowest BCUT2D eigenvalue weighted by molar-refractivity contribution is 0.0967. The lowest BCUT2D eigenvalue weighted by atomic mass is 10.1. The maximum absolute atomic E-state index is 11.5. The molecule has 0 spiro atoms. The zero-order chi connectivity index (χ0) is 11.3. The van der Waals surface area contributed by atoms with E-state index in [1.165, 1.54) is 0 Å². The number of anilines is 1. The van der Waals surface area contributed by atoms with E-state index in [0.29, 0.717) is 5.56 Å². The van der Waals surface area contributed by atoms with Crippen molar-refractivity contribution in [3.63, 3.8) is 0 Å². The van der Waals surface area contributed by atoms with Crippen LogP contribution in [-0.4, -0.2) is 5.91 Å². The molecular formula is C12H16N2O. The van der Waals surface area contributed by atoms with E-state index in [2.05, 4.69) is 10.6 Å². The maximum atomic E-state index is 11.5. The normalized spacial score (nSPS) is 13.3. The summed E-state index contributed by atoms with van der Waals surface area (Å²) in [6.45, 7) is 5.84. The van der Waals surface area contributed by atoms with Crippen molar-refractivity contribution < 1.29 is 4.79 Å². The Kier molecular flexibility index (Phi) is 3.92. The van der Waals surface area contributed by atoms with Crippen molar-refractivity contribution in [3.05, 3.63) is 41.7 Å².